The molecule has 0 unspecified atom stereocenters. The number of carbonyl (C=O) groups excluding carboxylic acids is 1. The van der Waals surface area contributed by atoms with E-state index in [4.69, 9.17) is 4.74 Å². The summed E-state index contributed by atoms with van der Waals surface area (Å²) in [5.74, 6) is 0.154. The molecule has 0 bridgehead atoms. The monoisotopic (exact) mass is 648 g/mol. The van der Waals surface area contributed by atoms with Crippen LogP contribution < -0.4 is 11.2 Å². The predicted octanol–water partition coefficient (Wildman–Crippen LogP) is 4.42. The van der Waals surface area contributed by atoms with Crippen molar-refractivity contribution in [3.8, 4) is 0 Å². The van der Waals surface area contributed by atoms with Crippen molar-refractivity contribution < 1.29 is 17.9 Å². The molecule has 5 rings (SSSR count). The number of hydrogen-bond acceptors (Lipinski definition) is 10. The summed E-state index contributed by atoms with van der Waals surface area (Å²) in [6.45, 7) is 12.6. The van der Waals surface area contributed by atoms with Gasteiger partial charge in [-0.3, -0.25) is 18.6 Å². The molecule has 1 aliphatic carbocycles. The van der Waals surface area contributed by atoms with E-state index in [1.807, 2.05) is 26.8 Å². The molecule has 232 valence electrons. The van der Waals surface area contributed by atoms with Crippen molar-refractivity contribution in [2.45, 2.75) is 95.7 Å². The molecule has 0 radical (unpaired) electrons. The van der Waals surface area contributed by atoms with Crippen LogP contribution in [0.1, 0.15) is 81.6 Å². The quantitative estimate of drug-likeness (QED) is 0.274. The van der Waals surface area contributed by atoms with E-state index in [1.54, 1.807) is 45.6 Å². The van der Waals surface area contributed by atoms with Crippen LogP contribution in [0, 0.1) is 6.92 Å². The molecule has 0 spiro atoms. The van der Waals surface area contributed by atoms with Crippen LogP contribution in [-0.2, 0) is 34.9 Å². The maximum absolute atomic E-state index is 14.1. The van der Waals surface area contributed by atoms with Crippen molar-refractivity contribution in [1.29, 1.82) is 0 Å². The molecule has 1 aliphatic rings. The fourth-order valence-electron chi connectivity index (χ4n) is 4.73. The second-order valence-electron chi connectivity index (χ2n) is 12.5. The smallest absolute Gasteiger partial charge is 0.424 e. The van der Waals surface area contributed by atoms with Gasteiger partial charge in [0.05, 0.1) is 40.4 Å². The van der Waals surface area contributed by atoms with E-state index in [0.717, 1.165) is 30.9 Å². The Kier molecular flexibility index (Phi) is 7.75. The molecule has 0 N–H and O–H groups in total. The fraction of sp³-hybridized carbons (Fsp3) is 0.536. The molecule has 0 aromatic carbocycles. The lowest BCUT2D eigenvalue weighted by Gasteiger charge is -2.30. The summed E-state index contributed by atoms with van der Waals surface area (Å²) in [6.07, 6.45) is 1.62. The highest BCUT2D eigenvalue weighted by atomic mass is 32.2. The molecule has 4 heterocycles. The van der Waals surface area contributed by atoms with Crippen LogP contribution in [0.15, 0.2) is 32.1 Å². The number of carbonyl (C=O) groups is 1. The van der Waals surface area contributed by atoms with Gasteiger partial charge in [0.1, 0.15) is 14.6 Å². The Morgan fingerprint density at radius 3 is 2.35 bits per heavy atom. The van der Waals surface area contributed by atoms with E-state index in [-0.39, 0.29) is 33.4 Å². The third kappa shape index (κ3) is 5.94. The molecule has 43 heavy (non-hydrogen) atoms. The average Bonchev–Trinajstić information content (AvgIpc) is 3.23. The number of fused-ring (bicyclic) bond motifs is 1. The molecule has 1 saturated carbocycles. The topological polar surface area (TPSA) is 138 Å². The first kappa shape index (κ1) is 31.1. The maximum atomic E-state index is 14.1. The van der Waals surface area contributed by atoms with Crippen molar-refractivity contribution in [2.75, 3.05) is 0 Å². The van der Waals surface area contributed by atoms with Gasteiger partial charge in [0.15, 0.2) is 0 Å². The SMILES string of the molecule is Cc1ncc(Cn2c(=O)c3cc(S(=O)(=O)N(C(=O)OC(C)(C)C)C4(C)CC4)sc3n(Cc3cc(C(C)C)nn3C)c2=O)s1. The first-order valence-corrected chi connectivity index (χ1v) is 17.0. The van der Waals surface area contributed by atoms with Crippen LogP contribution in [0.3, 0.4) is 0 Å². The van der Waals surface area contributed by atoms with Crippen molar-refractivity contribution in [3.05, 3.63) is 60.4 Å². The van der Waals surface area contributed by atoms with Crippen molar-refractivity contribution in [3.63, 3.8) is 0 Å². The highest BCUT2D eigenvalue weighted by Crippen LogP contribution is 2.46. The highest BCUT2D eigenvalue weighted by molar-refractivity contribution is 7.92. The average molecular weight is 649 g/mol. The molecular formula is C28H36N6O6S3. The van der Waals surface area contributed by atoms with Crippen LogP contribution in [0.25, 0.3) is 10.2 Å². The fourth-order valence-corrected chi connectivity index (χ4v) is 8.71. The number of hydrogen-bond donors (Lipinski definition) is 0. The van der Waals surface area contributed by atoms with E-state index in [2.05, 4.69) is 10.1 Å². The summed E-state index contributed by atoms with van der Waals surface area (Å²) >= 11 is 2.17. The third-order valence-corrected chi connectivity index (χ3v) is 11.7. The molecule has 0 saturated heterocycles. The summed E-state index contributed by atoms with van der Waals surface area (Å²) in [6, 6.07) is 3.17. The van der Waals surface area contributed by atoms with E-state index in [1.165, 1.54) is 22.0 Å². The van der Waals surface area contributed by atoms with Crippen LogP contribution in [0.4, 0.5) is 4.79 Å². The largest absolute Gasteiger partial charge is 0.443 e. The molecular weight excluding hydrogens is 613 g/mol. The number of thiophene rings is 1. The Morgan fingerprint density at radius 1 is 1.14 bits per heavy atom. The number of amides is 1. The minimum absolute atomic E-state index is 0.0121. The lowest BCUT2D eigenvalue weighted by atomic mass is 10.1. The van der Waals surface area contributed by atoms with Crippen LogP contribution in [0.5, 0.6) is 0 Å². The number of rotatable bonds is 8. The van der Waals surface area contributed by atoms with Gasteiger partial charge in [-0.1, -0.05) is 13.8 Å². The van der Waals surface area contributed by atoms with Crippen LogP contribution in [0.2, 0.25) is 0 Å². The molecule has 4 aromatic heterocycles. The van der Waals surface area contributed by atoms with Gasteiger partial charge >= 0.3 is 11.8 Å². The standard InChI is InChI=1S/C28H36N6O6S3/c1-16(2)21-11-18(31(8)30-21)14-33-24-20(23(35)32(25(33)36)15-19-13-29-17(3)41-19)12-22(42-24)43(38,39)34(28(7)9-10-28)26(37)40-27(4,5)6/h11-13,16H,9-10,14-15H2,1-8H3. The van der Waals surface area contributed by atoms with Gasteiger partial charge in [0, 0.05) is 18.1 Å². The molecule has 15 heteroatoms. The zero-order valence-corrected chi connectivity index (χ0v) is 27.9. The van der Waals surface area contributed by atoms with Crippen molar-refractivity contribution in [2.24, 2.45) is 7.05 Å². The third-order valence-electron chi connectivity index (χ3n) is 7.28. The Hall–Kier alpha value is -3.30. The number of sulfonamides is 1. The normalized spacial score (nSPS) is 14.9. The van der Waals surface area contributed by atoms with Crippen LogP contribution >= 0.6 is 22.7 Å². The van der Waals surface area contributed by atoms with Crippen LogP contribution in [-0.4, -0.2) is 53.9 Å². The lowest BCUT2D eigenvalue weighted by molar-refractivity contribution is 0.0332. The van der Waals surface area contributed by atoms with Gasteiger partial charge in [0.25, 0.3) is 15.6 Å². The Labute approximate surface area is 257 Å². The summed E-state index contributed by atoms with van der Waals surface area (Å²) < 4.78 is 38.5. The van der Waals surface area contributed by atoms with Gasteiger partial charge in [0.2, 0.25) is 0 Å². The Bertz CT molecular complexity index is 1950. The van der Waals surface area contributed by atoms with E-state index >= 15 is 0 Å². The summed E-state index contributed by atoms with van der Waals surface area (Å²) in [4.78, 5) is 46.1. The lowest BCUT2D eigenvalue weighted by Crippen LogP contribution is -2.47. The van der Waals surface area contributed by atoms with E-state index in [0.29, 0.717) is 23.4 Å². The molecule has 1 fully saturated rings. The molecule has 1 amide bonds. The van der Waals surface area contributed by atoms with Gasteiger partial charge in [-0.25, -0.2) is 14.6 Å². The maximum Gasteiger partial charge on any atom is 0.424 e. The minimum atomic E-state index is -4.44. The number of thiazole rings is 1. The summed E-state index contributed by atoms with van der Waals surface area (Å²) in [5.41, 5.74) is -1.50. The Morgan fingerprint density at radius 2 is 1.81 bits per heavy atom. The minimum Gasteiger partial charge on any atom is -0.443 e. The first-order valence-electron chi connectivity index (χ1n) is 13.9. The zero-order valence-electron chi connectivity index (χ0n) is 25.5. The highest BCUT2D eigenvalue weighted by Gasteiger charge is 2.54. The van der Waals surface area contributed by atoms with E-state index < -0.39 is 38.5 Å². The van der Waals surface area contributed by atoms with Crippen molar-refractivity contribution in [1.82, 2.24) is 28.2 Å². The van der Waals surface area contributed by atoms with Gasteiger partial charge in [-0.05, 0) is 65.5 Å². The number of ether oxygens (including phenoxy) is 1. The number of aromatic nitrogens is 5. The van der Waals surface area contributed by atoms with Gasteiger partial charge < -0.3 is 4.74 Å². The number of nitrogens with zero attached hydrogens (tertiary/aromatic N) is 6. The van der Waals surface area contributed by atoms with Gasteiger partial charge in [-0.15, -0.1) is 22.7 Å². The van der Waals surface area contributed by atoms with E-state index in [9.17, 15) is 22.8 Å². The second-order valence-corrected chi connectivity index (χ2v) is 16.8. The predicted molar refractivity (Wildman–Crippen MR) is 166 cm³/mol. The first-order chi connectivity index (χ1) is 19.9. The molecule has 0 aliphatic heterocycles. The molecule has 4 aromatic rings. The number of aryl methyl sites for hydroxylation is 2. The second kappa shape index (κ2) is 10.7. The zero-order chi connectivity index (χ0) is 31.6. The summed E-state index contributed by atoms with van der Waals surface area (Å²) in [5, 5.41) is 5.41. The summed E-state index contributed by atoms with van der Waals surface area (Å²) in [7, 11) is -2.67. The molecule has 0 atom stereocenters. The Balaban J connectivity index is 1.70. The van der Waals surface area contributed by atoms with Crippen molar-refractivity contribution >= 4 is 49.0 Å². The molecule has 12 nitrogen and oxygen atoms in total. The van der Waals surface area contributed by atoms with Gasteiger partial charge in [-0.2, -0.15) is 17.8 Å².